The molecule has 0 aliphatic carbocycles. The normalized spacial score (nSPS) is 16.4. The number of aliphatic hydroxyl groups is 1. The maximum absolute atomic E-state index is 13.5. The molecule has 1 aliphatic rings. The molecule has 0 radical (unpaired) electrons. The second-order valence-electron chi connectivity index (χ2n) is 8.06. The van der Waals surface area contributed by atoms with Crippen LogP contribution in [0.5, 0.6) is 0 Å². The number of pyridine rings is 1. The maximum Gasteiger partial charge on any atom is 0.416 e. The average Bonchev–Trinajstić information content (AvgIpc) is 3.39. The number of hydrogen-bond acceptors (Lipinski definition) is 5. The number of carbonyl (C=O) groups excluding carboxylic acids is 2. The molecule has 0 fully saturated rings. The Morgan fingerprint density at radius 3 is 2.57 bits per heavy atom. The first-order valence-electron chi connectivity index (χ1n) is 10.6. The Hall–Kier alpha value is -4.40. The first kappa shape index (κ1) is 22.4. The maximum atomic E-state index is 13.5. The van der Waals surface area contributed by atoms with E-state index in [1.807, 2.05) is 0 Å². The summed E-state index contributed by atoms with van der Waals surface area (Å²) in [5.41, 5.74) is -0.0352. The van der Waals surface area contributed by atoms with Gasteiger partial charge in [-0.05, 0) is 41.5 Å². The van der Waals surface area contributed by atoms with Crippen molar-refractivity contribution in [3.05, 3.63) is 113 Å². The van der Waals surface area contributed by atoms with E-state index in [-0.39, 0.29) is 23.4 Å². The molecular weight excluding hydrogens is 461 g/mol. The van der Waals surface area contributed by atoms with E-state index < -0.39 is 35.2 Å². The van der Waals surface area contributed by atoms with Crippen molar-refractivity contribution in [3.8, 4) is 0 Å². The summed E-state index contributed by atoms with van der Waals surface area (Å²) in [6.45, 7) is -0.275. The lowest BCUT2D eigenvalue weighted by Gasteiger charge is -2.26. The predicted molar refractivity (Wildman–Crippen MR) is 119 cm³/mol. The Labute approximate surface area is 196 Å². The summed E-state index contributed by atoms with van der Waals surface area (Å²) in [5.74, 6) is -2.44. The SMILES string of the molecule is O=C(C1=C(O)C(=O)N(Cc2cccc(C(F)(F)F)c2)C1c1cccnc1)c1cc2ccccc2o1. The van der Waals surface area contributed by atoms with Crippen LogP contribution in [0.25, 0.3) is 11.0 Å². The first-order chi connectivity index (χ1) is 16.7. The summed E-state index contributed by atoms with van der Waals surface area (Å²) in [5, 5.41) is 11.4. The van der Waals surface area contributed by atoms with Gasteiger partial charge >= 0.3 is 6.18 Å². The van der Waals surface area contributed by atoms with Crippen molar-refractivity contribution in [3.63, 3.8) is 0 Å². The van der Waals surface area contributed by atoms with Crippen molar-refractivity contribution in [1.29, 1.82) is 0 Å². The van der Waals surface area contributed by atoms with E-state index in [0.29, 0.717) is 16.5 Å². The molecule has 5 rings (SSSR count). The van der Waals surface area contributed by atoms with Gasteiger partial charge in [-0.15, -0.1) is 0 Å². The molecule has 1 unspecified atom stereocenters. The Kier molecular flexibility index (Phi) is 5.39. The monoisotopic (exact) mass is 478 g/mol. The number of benzene rings is 2. The predicted octanol–water partition coefficient (Wildman–Crippen LogP) is 5.63. The molecular formula is C26H17F3N2O4. The number of nitrogens with zero attached hydrogens (tertiary/aromatic N) is 2. The number of alkyl halides is 3. The second kappa shape index (κ2) is 8.43. The summed E-state index contributed by atoms with van der Waals surface area (Å²) in [6.07, 6.45) is -1.63. The number of rotatable bonds is 5. The fraction of sp³-hybridized carbons (Fsp3) is 0.115. The summed E-state index contributed by atoms with van der Waals surface area (Å²) in [4.78, 5) is 31.8. The molecule has 6 nitrogen and oxygen atoms in total. The van der Waals surface area contributed by atoms with Crippen LogP contribution < -0.4 is 0 Å². The molecule has 1 atom stereocenters. The van der Waals surface area contributed by atoms with Crippen LogP contribution in [-0.4, -0.2) is 26.7 Å². The van der Waals surface area contributed by atoms with Crippen molar-refractivity contribution in [2.24, 2.45) is 0 Å². The van der Waals surface area contributed by atoms with E-state index in [0.717, 1.165) is 17.0 Å². The molecule has 0 saturated heterocycles. The van der Waals surface area contributed by atoms with Gasteiger partial charge in [0, 0.05) is 24.3 Å². The number of amides is 1. The molecule has 176 valence electrons. The van der Waals surface area contributed by atoms with Crippen LogP contribution in [0.2, 0.25) is 0 Å². The highest BCUT2D eigenvalue weighted by Gasteiger charge is 2.44. The van der Waals surface area contributed by atoms with E-state index in [4.69, 9.17) is 4.42 Å². The highest BCUT2D eigenvalue weighted by atomic mass is 19.4. The van der Waals surface area contributed by atoms with Crippen LogP contribution in [0.4, 0.5) is 13.2 Å². The van der Waals surface area contributed by atoms with Gasteiger partial charge in [-0.2, -0.15) is 13.2 Å². The quantitative estimate of drug-likeness (QED) is 0.376. The molecule has 1 aliphatic heterocycles. The van der Waals surface area contributed by atoms with Crippen molar-refractivity contribution in [2.75, 3.05) is 0 Å². The lowest BCUT2D eigenvalue weighted by Crippen LogP contribution is -2.30. The number of halogens is 3. The summed E-state index contributed by atoms with van der Waals surface area (Å²) in [6, 6.07) is 15.2. The van der Waals surface area contributed by atoms with Gasteiger partial charge in [-0.1, -0.05) is 36.4 Å². The third-order valence-electron chi connectivity index (χ3n) is 5.80. The molecule has 9 heteroatoms. The number of furan rings is 1. The van der Waals surface area contributed by atoms with Gasteiger partial charge in [0.05, 0.1) is 17.2 Å². The fourth-order valence-corrected chi connectivity index (χ4v) is 4.20. The molecule has 2 aromatic heterocycles. The lowest BCUT2D eigenvalue weighted by molar-refractivity contribution is -0.137. The average molecular weight is 478 g/mol. The number of Topliss-reactive ketones (excluding diaryl/α,β-unsaturated/α-hetero) is 1. The molecule has 1 amide bonds. The highest BCUT2D eigenvalue weighted by molar-refractivity contribution is 6.15. The molecule has 3 heterocycles. The Bertz CT molecular complexity index is 1440. The number of aliphatic hydroxyl groups excluding tert-OH is 1. The highest BCUT2D eigenvalue weighted by Crippen LogP contribution is 2.40. The minimum absolute atomic E-state index is 0.0737. The van der Waals surface area contributed by atoms with E-state index in [1.54, 1.807) is 36.4 Å². The van der Waals surface area contributed by atoms with Gasteiger partial charge in [-0.3, -0.25) is 14.6 Å². The third kappa shape index (κ3) is 4.05. The Balaban J connectivity index is 1.57. The second-order valence-corrected chi connectivity index (χ2v) is 8.06. The van der Waals surface area contributed by atoms with Gasteiger partial charge in [0.1, 0.15) is 5.58 Å². The number of ketones is 1. The molecule has 0 bridgehead atoms. The van der Waals surface area contributed by atoms with Gasteiger partial charge in [0.15, 0.2) is 11.5 Å². The van der Waals surface area contributed by atoms with Crippen LogP contribution in [0.15, 0.2) is 94.9 Å². The van der Waals surface area contributed by atoms with Crippen LogP contribution >= 0.6 is 0 Å². The molecule has 2 aromatic carbocycles. The minimum atomic E-state index is -4.56. The molecule has 35 heavy (non-hydrogen) atoms. The van der Waals surface area contributed by atoms with Gasteiger partial charge < -0.3 is 14.4 Å². The van der Waals surface area contributed by atoms with Gasteiger partial charge in [0.25, 0.3) is 5.91 Å². The van der Waals surface area contributed by atoms with Crippen molar-refractivity contribution in [2.45, 2.75) is 18.8 Å². The Morgan fingerprint density at radius 1 is 1.06 bits per heavy atom. The zero-order valence-corrected chi connectivity index (χ0v) is 18.0. The zero-order valence-electron chi connectivity index (χ0n) is 18.0. The van der Waals surface area contributed by atoms with Crippen LogP contribution in [0, 0.1) is 0 Å². The summed E-state index contributed by atoms with van der Waals surface area (Å²) in [7, 11) is 0. The van der Waals surface area contributed by atoms with Crippen LogP contribution in [0.3, 0.4) is 0 Å². The van der Waals surface area contributed by atoms with Gasteiger partial charge in [0.2, 0.25) is 5.78 Å². The largest absolute Gasteiger partial charge is 0.503 e. The van der Waals surface area contributed by atoms with E-state index >= 15 is 0 Å². The van der Waals surface area contributed by atoms with E-state index in [9.17, 15) is 27.9 Å². The number of fused-ring (bicyclic) bond motifs is 1. The molecule has 1 N–H and O–H groups in total. The third-order valence-corrected chi connectivity index (χ3v) is 5.80. The van der Waals surface area contributed by atoms with Gasteiger partial charge in [-0.25, -0.2) is 0 Å². The molecule has 0 spiro atoms. The lowest BCUT2D eigenvalue weighted by atomic mass is 9.96. The summed E-state index contributed by atoms with van der Waals surface area (Å²) < 4.78 is 45.3. The van der Waals surface area contributed by atoms with Crippen molar-refractivity contribution in [1.82, 2.24) is 9.88 Å². The van der Waals surface area contributed by atoms with Crippen LogP contribution in [0.1, 0.15) is 33.3 Å². The van der Waals surface area contributed by atoms with Crippen molar-refractivity contribution >= 4 is 22.7 Å². The topological polar surface area (TPSA) is 83.6 Å². The Morgan fingerprint density at radius 2 is 1.86 bits per heavy atom. The summed E-state index contributed by atoms with van der Waals surface area (Å²) >= 11 is 0. The fourth-order valence-electron chi connectivity index (χ4n) is 4.20. The smallest absolute Gasteiger partial charge is 0.416 e. The number of aromatic nitrogens is 1. The standard InChI is InChI=1S/C26H17F3N2O4/c27-26(28,29)18-8-3-5-15(11-18)14-31-22(17-7-4-10-30-13-17)21(24(33)25(31)34)23(32)20-12-16-6-1-2-9-19(16)35-20/h1-13,22,33H,14H2. The zero-order chi connectivity index (χ0) is 24.7. The molecule has 0 saturated carbocycles. The first-order valence-corrected chi connectivity index (χ1v) is 10.6. The van der Waals surface area contributed by atoms with E-state index in [1.165, 1.54) is 30.6 Å². The van der Waals surface area contributed by atoms with E-state index in [2.05, 4.69) is 4.98 Å². The van der Waals surface area contributed by atoms with Crippen LogP contribution in [-0.2, 0) is 17.5 Å². The number of carbonyl (C=O) groups is 2. The minimum Gasteiger partial charge on any atom is -0.503 e. The van der Waals surface area contributed by atoms with Crippen molar-refractivity contribution < 1.29 is 32.3 Å². The number of hydrogen-bond donors (Lipinski definition) is 1. The number of para-hydroxylation sites is 1. The molecule has 4 aromatic rings.